The molecule has 1 amide bonds. The Morgan fingerprint density at radius 2 is 1.92 bits per heavy atom. The van der Waals surface area contributed by atoms with Gasteiger partial charge < -0.3 is 14.5 Å². The lowest BCUT2D eigenvalue weighted by Crippen LogP contribution is -2.40. The molecule has 4 heterocycles. The molecule has 2 aromatic heterocycles. The number of carbonyl (C=O) groups is 1. The van der Waals surface area contributed by atoms with E-state index in [0.29, 0.717) is 49.3 Å². The molecule has 0 radical (unpaired) electrons. The molecule has 0 bridgehead atoms. The lowest BCUT2D eigenvalue weighted by molar-refractivity contribution is -0.144. The van der Waals surface area contributed by atoms with Gasteiger partial charge in [0.05, 0.1) is 10.7 Å². The maximum atomic E-state index is 14.1. The third-order valence-corrected chi connectivity index (χ3v) is 7.21. The zero-order valence-electron chi connectivity index (χ0n) is 19.3. The van der Waals surface area contributed by atoms with Crippen LogP contribution in [0, 0.1) is 5.82 Å². The molecule has 1 atom stereocenters. The van der Waals surface area contributed by atoms with Crippen LogP contribution in [-0.2, 0) is 15.8 Å². The average molecular weight is 536 g/mol. The largest absolute Gasteiger partial charge is 0.466 e. The zero-order valence-corrected chi connectivity index (χ0v) is 20.1. The minimum atomic E-state index is -4.73. The van der Waals surface area contributed by atoms with E-state index in [1.54, 1.807) is 23.1 Å². The van der Waals surface area contributed by atoms with Crippen LogP contribution in [0.15, 0.2) is 47.2 Å². The predicted octanol–water partition coefficient (Wildman–Crippen LogP) is 4.74. The van der Waals surface area contributed by atoms with Crippen molar-refractivity contribution in [1.82, 2.24) is 19.9 Å². The Morgan fingerprint density at radius 1 is 1.16 bits per heavy atom. The Kier molecular flexibility index (Phi) is 7.04. The highest BCUT2D eigenvalue weighted by Crippen LogP contribution is 2.35. The van der Waals surface area contributed by atoms with E-state index >= 15 is 0 Å². The number of piperidine rings is 1. The summed E-state index contributed by atoms with van der Waals surface area (Å²) in [5.74, 6) is -1.35. The van der Waals surface area contributed by atoms with Crippen molar-refractivity contribution in [2.75, 3.05) is 19.7 Å². The molecule has 0 spiro atoms. The smallest absolute Gasteiger partial charge is 0.438 e. The zero-order chi connectivity index (χ0) is 26.0. The molecule has 37 heavy (non-hydrogen) atoms. The van der Waals surface area contributed by atoms with Gasteiger partial charge in [0.1, 0.15) is 11.5 Å². The van der Waals surface area contributed by atoms with Crippen LogP contribution >= 0.6 is 11.3 Å². The van der Waals surface area contributed by atoms with E-state index in [0.717, 1.165) is 17.4 Å². The van der Waals surface area contributed by atoms with Crippen molar-refractivity contribution in [2.24, 2.45) is 5.16 Å². The van der Waals surface area contributed by atoms with Gasteiger partial charge in [-0.15, -0.1) is 11.3 Å². The topological polar surface area (TPSA) is 89.8 Å². The summed E-state index contributed by atoms with van der Waals surface area (Å²) in [7, 11) is 0. The number of nitrogens with zero attached hydrogens (tertiary/aromatic N) is 5. The van der Waals surface area contributed by atoms with E-state index in [-0.39, 0.29) is 11.7 Å². The van der Waals surface area contributed by atoms with E-state index in [1.807, 2.05) is 5.38 Å². The van der Waals surface area contributed by atoms with E-state index in [1.165, 1.54) is 17.4 Å². The molecule has 8 nitrogen and oxygen atoms in total. The average Bonchev–Trinajstić information content (AvgIpc) is 3.58. The molecule has 0 aliphatic carbocycles. The van der Waals surface area contributed by atoms with Gasteiger partial charge in [0.15, 0.2) is 12.7 Å². The number of thiazole rings is 1. The molecule has 0 N–H and O–H groups in total. The van der Waals surface area contributed by atoms with Crippen LogP contribution in [0.1, 0.15) is 53.2 Å². The van der Waals surface area contributed by atoms with Gasteiger partial charge >= 0.3 is 6.18 Å². The molecule has 5 rings (SSSR count). The van der Waals surface area contributed by atoms with E-state index < -0.39 is 36.4 Å². The first kappa shape index (κ1) is 25.1. The molecule has 1 fully saturated rings. The highest BCUT2D eigenvalue weighted by Gasteiger charge is 2.37. The number of rotatable bonds is 6. The van der Waals surface area contributed by atoms with Crippen molar-refractivity contribution < 1.29 is 31.9 Å². The summed E-state index contributed by atoms with van der Waals surface area (Å²) < 4.78 is 58.2. The SMILES string of the molecule is O=C(COc1nccnc1C(F)(F)F)N1CCC(c2nc(C3=NOC(c4ccccc4F)C3)cs2)CC1. The van der Waals surface area contributed by atoms with Crippen LogP contribution in [0.25, 0.3) is 0 Å². The van der Waals surface area contributed by atoms with Crippen LogP contribution < -0.4 is 4.74 Å². The van der Waals surface area contributed by atoms with Gasteiger partial charge in [0, 0.05) is 48.8 Å². The molecule has 0 saturated carbocycles. The second-order valence-corrected chi connectivity index (χ2v) is 9.47. The van der Waals surface area contributed by atoms with Gasteiger partial charge in [-0.3, -0.25) is 4.79 Å². The number of hydrogen-bond donors (Lipinski definition) is 0. The number of ether oxygens (including phenoxy) is 1. The third-order valence-electron chi connectivity index (χ3n) is 6.20. The molecular weight excluding hydrogens is 514 g/mol. The second kappa shape index (κ2) is 10.4. The number of halogens is 4. The predicted molar refractivity (Wildman–Crippen MR) is 125 cm³/mol. The maximum absolute atomic E-state index is 14.1. The number of aromatic nitrogens is 3. The van der Waals surface area contributed by atoms with Crippen molar-refractivity contribution in [2.45, 2.75) is 37.5 Å². The Hall–Kier alpha value is -3.61. The van der Waals surface area contributed by atoms with E-state index in [4.69, 9.17) is 14.6 Å². The van der Waals surface area contributed by atoms with E-state index in [9.17, 15) is 22.4 Å². The second-order valence-electron chi connectivity index (χ2n) is 8.58. The molecule has 2 aliphatic heterocycles. The van der Waals surface area contributed by atoms with Gasteiger partial charge in [-0.05, 0) is 18.9 Å². The standard InChI is InChI=1S/C24H21F4N5O3S/c25-16-4-2-1-3-15(16)19-11-17(32-36-19)18-13-37-23(31-18)14-5-9-33(10-6-14)20(34)12-35-22-21(24(26,27)28)29-7-8-30-22/h1-4,7-8,13-14,19H,5-6,9-12H2. The quantitative estimate of drug-likeness (QED) is 0.424. The first-order chi connectivity index (χ1) is 17.8. The first-order valence-corrected chi connectivity index (χ1v) is 12.4. The molecule has 2 aliphatic rings. The molecule has 1 saturated heterocycles. The number of likely N-dealkylation sites (tertiary alicyclic amines) is 1. The summed E-state index contributed by atoms with van der Waals surface area (Å²) in [5.41, 5.74) is 0.531. The van der Waals surface area contributed by atoms with Crippen molar-refractivity contribution in [3.63, 3.8) is 0 Å². The van der Waals surface area contributed by atoms with Gasteiger partial charge in [-0.2, -0.15) is 13.2 Å². The lowest BCUT2D eigenvalue weighted by atomic mass is 9.97. The number of amides is 1. The summed E-state index contributed by atoms with van der Waals surface area (Å²) in [4.78, 5) is 31.1. The van der Waals surface area contributed by atoms with Gasteiger partial charge in [0.25, 0.3) is 5.91 Å². The van der Waals surface area contributed by atoms with Crippen molar-refractivity contribution in [3.05, 3.63) is 69.8 Å². The van der Waals surface area contributed by atoms with Gasteiger partial charge in [-0.1, -0.05) is 23.4 Å². The molecule has 1 unspecified atom stereocenters. The molecule has 194 valence electrons. The van der Waals surface area contributed by atoms with Crippen molar-refractivity contribution in [3.8, 4) is 5.88 Å². The first-order valence-electron chi connectivity index (χ1n) is 11.5. The Labute approximate surface area is 213 Å². The molecular formula is C24H21F4N5O3S. The summed E-state index contributed by atoms with van der Waals surface area (Å²) in [5, 5.41) is 6.91. The van der Waals surface area contributed by atoms with Crippen molar-refractivity contribution >= 4 is 23.0 Å². The fraction of sp³-hybridized carbons (Fsp3) is 0.375. The minimum absolute atomic E-state index is 0.130. The number of benzene rings is 1. The van der Waals surface area contributed by atoms with Crippen LogP contribution in [0.4, 0.5) is 17.6 Å². The highest BCUT2D eigenvalue weighted by atomic mass is 32.1. The van der Waals surface area contributed by atoms with Crippen molar-refractivity contribution in [1.29, 1.82) is 0 Å². The Morgan fingerprint density at radius 3 is 2.68 bits per heavy atom. The number of alkyl halides is 3. The third kappa shape index (κ3) is 5.55. The molecule has 1 aromatic carbocycles. The lowest BCUT2D eigenvalue weighted by Gasteiger charge is -2.31. The fourth-order valence-corrected chi connectivity index (χ4v) is 5.26. The number of carbonyl (C=O) groups excluding carboxylic acids is 1. The molecule has 13 heteroatoms. The van der Waals surface area contributed by atoms with E-state index in [2.05, 4.69) is 15.1 Å². The summed E-state index contributed by atoms with van der Waals surface area (Å²) >= 11 is 1.49. The van der Waals surface area contributed by atoms with Crippen LogP contribution in [0.5, 0.6) is 5.88 Å². The normalized spacial score (nSPS) is 18.4. The van der Waals surface area contributed by atoms with Crippen LogP contribution in [0.3, 0.4) is 0 Å². The fourth-order valence-electron chi connectivity index (χ4n) is 4.26. The maximum Gasteiger partial charge on any atom is 0.438 e. The summed E-state index contributed by atoms with van der Waals surface area (Å²) in [6.45, 7) is 0.290. The number of hydrogen-bond acceptors (Lipinski definition) is 8. The van der Waals surface area contributed by atoms with Gasteiger partial charge in [-0.25, -0.2) is 19.3 Å². The minimum Gasteiger partial charge on any atom is -0.466 e. The molecule has 3 aromatic rings. The van der Waals surface area contributed by atoms with Crippen LogP contribution in [0.2, 0.25) is 0 Å². The highest BCUT2D eigenvalue weighted by molar-refractivity contribution is 7.10. The Bertz CT molecular complexity index is 1310. The number of oxime groups is 1. The van der Waals surface area contributed by atoms with Gasteiger partial charge in [0.2, 0.25) is 11.6 Å². The monoisotopic (exact) mass is 535 g/mol. The summed E-state index contributed by atoms with van der Waals surface area (Å²) in [6, 6.07) is 6.43. The Balaban J connectivity index is 1.13. The summed E-state index contributed by atoms with van der Waals surface area (Å²) in [6.07, 6.45) is -1.51. The van der Waals surface area contributed by atoms with Crippen LogP contribution in [-0.4, -0.2) is 51.2 Å².